The highest BCUT2D eigenvalue weighted by Crippen LogP contribution is 2.20. The van der Waals surface area contributed by atoms with E-state index in [1.807, 2.05) is 84.6 Å². The van der Waals surface area contributed by atoms with Gasteiger partial charge in [-0.2, -0.15) is 0 Å². The molecule has 1 saturated heterocycles. The number of benzene rings is 1. The second kappa shape index (κ2) is 9.25. The van der Waals surface area contributed by atoms with Crippen LogP contribution < -0.4 is 15.8 Å². The molecule has 0 bridgehead atoms. The molecule has 1 amide bonds. The van der Waals surface area contributed by atoms with Gasteiger partial charge in [0.1, 0.15) is 11.4 Å². The quantitative estimate of drug-likeness (QED) is 0.467. The van der Waals surface area contributed by atoms with E-state index in [-0.39, 0.29) is 23.1 Å². The van der Waals surface area contributed by atoms with E-state index in [4.69, 9.17) is 5.10 Å². The summed E-state index contributed by atoms with van der Waals surface area (Å²) in [5.41, 5.74) is 3.01. The highest BCUT2D eigenvalue weighted by Gasteiger charge is 2.29. The fraction of sp³-hybridized carbons (Fsp3) is 0.308. The van der Waals surface area contributed by atoms with E-state index in [9.17, 15) is 9.59 Å². The molecule has 4 heterocycles. The molecule has 3 aromatic heterocycles. The second-order valence-corrected chi connectivity index (χ2v) is 8.68. The van der Waals surface area contributed by atoms with Gasteiger partial charge < -0.3 is 10.2 Å². The summed E-state index contributed by atoms with van der Waals surface area (Å²) in [5.74, 6) is 0.502. The molecule has 0 unspecified atom stereocenters. The van der Waals surface area contributed by atoms with Gasteiger partial charge in [0.2, 0.25) is 0 Å². The van der Waals surface area contributed by atoms with Gasteiger partial charge in [-0.1, -0.05) is 24.3 Å². The molecule has 0 aliphatic carbocycles. The first kappa shape index (κ1) is 22.6. The van der Waals surface area contributed by atoms with E-state index in [0.717, 1.165) is 35.8 Å². The van der Waals surface area contributed by atoms with Crippen LogP contribution in [-0.4, -0.2) is 49.0 Å². The monoisotopic (exact) mass is 471 g/mol. The highest BCUT2D eigenvalue weighted by molar-refractivity contribution is 5.95. The minimum absolute atomic E-state index is 0.0771. The Morgan fingerprint density at radius 2 is 2.00 bits per heavy atom. The van der Waals surface area contributed by atoms with Crippen LogP contribution in [0.25, 0.3) is 17.4 Å². The Hall–Kier alpha value is -4.14. The number of nitrogens with one attached hydrogen (secondary N) is 1. The van der Waals surface area contributed by atoms with Gasteiger partial charge in [0.15, 0.2) is 5.65 Å². The molecule has 9 heteroatoms. The van der Waals surface area contributed by atoms with Crippen LogP contribution in [-0.2, 0) is 6.54 Å². The Morgan fingerprint density at radius 1 is 1.20 bits per heavy atom. The largest absolute Gasteiger partial charge is 0.353 e. The van der Waals surface area contributed by atoms with Crippen LogP contribution >= 0.6 is 0 Å². The van der Waals surface area contributed by atoms with Crippen LogP contribution in [0, 0.1) is 6.92 Å². The van der Waals surface area contributed by atoms with Crippen molar-refractivity contribution in [3.05, 3.63) is 82.0 Å². The molecule has 5 rings (SSSR count). The summed E-state index contributed by atoms with van der Waals surface area (Å²) in [6, 6.07) is 13.2. The number of hydrogen-bond donors (Lipinski definition) is 1. The number of aromatic nitrogens is 5. The molecule has 1 aliphatic heterocycles. The van der Waals surface area contributed by atoms with E-state index in [2.05, 4.69) is 15.2 Å². The van der Waals surface area contributed by atoms with Gasteiger partial charge in [-0.25, -0.2) is 14.2 Å². The minimum Gasteiger partial charge on any atom is -0.353 e. The Morgan fingerprint density at radius 3 is 2.74 bits per heavy atom. The molecule has 1 aliphatic rings. The fourth-order valence-corrected chi connectivity index (χ4v) is 4.79. The lowest BCUT2D eigenvalue weighted by molar-refractivity contribution is 0.0938. The second-order valence-electron chi connectivity index (χ2n) is 8.68. The summed E-state index contributed by atoms with van der Waals surface area (Å²) in [5, 5.41) is 7.85. The summed E-state index contributed by atoms with van der Waals surface area (Å²) in [6.45, 7) is 7.72. The summed E-state index contributed by atoms with van der Waals surface area (Å²) in [7, 11) is 0. The minimum atomic E-state index is -0.329. The molecule has 9 nitrogen and oxygen atoms in total. The summed E-state index contributed by atoms with van der Waals surface area (Å²) < 4.78 is 5.25. The molecule has 180 valence electrons. The molecule has 35 heavy (non-hydrogen) atoms. The maximum absolute atomic E-state index is 13.3. The summed E-state index contributed by atoms with van der Waals surface area (Å²) in [6.07, 6.45) is 6.50. The number of para-hydroxylation sites is 1. The normalized spacial score (nSPS) is 16.0. The van der Waals surface area contributed by atoms with Crippen molar-refractivity contribution < 1.29 is 4.79 Å². The fourth-order valence-electron chi connectivity index (χ4n) is 4.79. The van der Waals surface area contributed by atoms with E-state index in [0.29, 0.717) is 18.8 Å². The number of amides is 1. The predicted octanol–water partition coefficient (Wildman–Crippen LogP) is 3.05. The molecular formula is C26H29N7O2. The first-order valence-corrected chi connectivity index (χ1v) is 11.9. The van der Waals surface area contributed by atoms with Crippen LogP contribution in [0.2, 0.25) is 0 Å². The van der Waals surface area contributed by atoms with Gasteiger partial charge in [-0.15, -0.1) is 5.10 Å². The van der Waals surface area contributed by atoms with Crippen LogP contribution in [0.15, 0.2) is 59.5 Å². The number of hydrogen-bond acceptors (Lipinski definition) is 5. The number of imidazole rings is 1. The first-order chi connectivity index (χ1) is 17.0. The average molecular weight is 472 g/mol. The molecule has 1 atom stereocenters. The average Bonchev–Trinajstić information content (AvgIpc) is 3.55. The zero-order valence-corrected chi connectivity index (χ0v) is 20.2. The van der Waals surface area contributed by atoms with Gasteiger partial charge in [-0.3, -0.25) is 14.3 Å². The Labute approximate surface area is 203 Å². The Balaban J connectivity index is 1.36. The maximum Gasteiger partial charge on any atom is 0.284 e. The molecule has 1 aromatic carbocycles. The predicted molar refractivity (Wildman–Crippen MR) is 136 cm³/mol. The lowest BCUT2D eigenvalue weighted by Gasteiger charge is -2.18. The van der Waals surface area contributed by atoms with Crippen molar-refractivity contribution in [2.24, 2.45) is 0 Å². The van der Waals surface area contributed by atoms with Gasteiger partial charge in [0, 0.05) is 25.7 Å². The molecule has 0 radical (unpaired) electrons. The Bertz CT molecular complexity index is 1460. The third kappa shape index (κ3) is 4.03. The van der Waals surface area contributed by atoms with Crippen LogP contribution in [0.3, 0.4) is 0 Å². The highest BCUT2D eigenvalue weighted by atomic mass is 16.2. The van der Waals surface area contributed by atoms with Crippen LogP contribution in [0.4, 0.5) is 5.82 Å². The van der Waals surface area contributed by atoms with Gasteiger partial charge in [0.25, 0.3) is 11.5 Å². The van der Waals surface area contributed by atoms with E-state index >= 15 is 0 Å². The van der Waals surface area contributed by atoms with Crippen molar-refractivity contribution in [2.75, 3.05) is 18.0 Å². The molecular weight excluding hydrogens is 442 g/mol. The molecule has 1 N–H and O–H groups in total. The first-order valence-electron chi connectivity index (χ1n) is 11.9. The van der Waals surface area contributed by atoms with Crippen LogP contribution in [0.5, 0.6) is 0 Å². The SMILES string of the molecule is C/C=C/c1cnc2ccc(N3CC[C@H](NC(=O)c4c(C)n(CC)n(-c5ccccc5)c4=O)C3)nn12. The van der Waals surface area contributed by atoms with Crippen molar-refractivity contribution in [3.63, 3.8) is 0 Å². The lowest BCUT2D eigenvalue weighted by Crippen LogP contribution is -2.39. The lowest BCUT2D eigenvalue weighted by atomic mass is 10.2. The molecule has 4 aromatic rings. The van der Waals surface area contributed by atoms with E-state index < -0.39 is 0 Å². The van der Waals surface area contributed by atoms with Crippen molar-refractivity contribution in [3.8, 4) is 5.69 Å². The maximum atomic E-state index is 13.3. The number of anilines is 1. The van der Waals surface area contributed by atoms with Crippen LogP contribution in [0.1, 0.15) is 42.0 Å². The van der Waals surface area contributed by atoms with Crippen molar-refractivity contribution >= 4 is 23.4 Å². The smallest absolute Gasteiger partial charge is 0.284 e. The number of allylic oxidation sites excluding steroid dienone is 1. The van der Waals surface area contributed by atoms with Gasteiger partial charge >= 0.3 is 0 Å². The standard InChI is InChI=1S/C26H29N7O2/c1-4-9-21-16-27-22-12-13-23(29-32(21)22)30-15-14-19(17-30)28-25(34)24-18(3)31(5-2)33(26(24)35)20-10-7-6-8-11-20/h4,6-13,16,19H,5,14-15,17H2,1-3H3,(H,28,34)/b9-4+/t19-/m0/s1. The number of carbonyl (C=O) groups is 1. The summed E-state index contributed by atoms with van der Waals surface area (Å²) in [4.78, 5) is 33.1. The summed E-state index contributed by atoms with van der Waals surface area (Å²) >= 11 is 0. The third-order valence-corrected chi connectivity index (χ3v) is 6.48. The van der Waals surface area contributed by atoms with E-state index in [1.54, 1.807) is 10.9 Å². The molecule has 0 saturated carbocycles. The van der Waals surface area contributed by atoms with Gasteiger partial charge in [-0.05, 0) is 57.5 Å². The zero-order chi connectivity index (χ0) is 24.5. The number of nitrogens with zero attached hydrogens (tertiary/aromatic N) is 6. The van der Waals surface area contributed by atoms with Gasteiger partial charge in [0.05, 0.1) is 23.3 Å². The van der Waals surface area contributed by atoms with Crippen molar-refractivity contribution in [1.82, 2.24) is 29.3 Å². The molecule has 0 spiro atoms. The topological polar surface area (TPSA) is 89.5 Å². The van der Waals surface area contributed by atoms with Crippen molar-refractivity contribution in [2.45, 2.75) is 39.8 Å². The number of rotatable bonds is 6. The number of fused-ring (bicyclic) bond motifs is 1. The molecule has 1 fully saturated rings. The Kier molecular flexibility index (Phi) is 5.98. The van der Waals surface area contributed by atoms with Crippen molar-refractivity contribution in [1.29, 1.82) is 0 Å². The number of carbonyl (C=O) groups excluding carboxylic acids is 1. The third-order valence-electron chi connectivity index (χ3n) is 6.48. The van der Waals surface area contributed by atoms with E-state index in [1.165, 1.54) is 0 Å². The zero-order valence-electron chi connectivity index (χ0n) is 20.2.